The number of carbonyl (C=O) groups excluding carboxylic acids is 1. The summed E-state index contributed by atoms with van der Waals surface area (Å²) in [6.45, 7) is 1.41. The molecule has 134 valence electrons. The van der Waals surface area contributed by atoms with Gasteiger partial charge in [-0.1, -0.05) is 24.3 Å². The summed E-state index contributed by atoms with van der Waals surface area (Å²) in [5, 5.41) is 2.98. The Kier molecular flexibility index (Phi) is 6.04. The number of carbonyl (C=O) groups is 1. The van der Waals surface area contributed by atoms with E-state index in [4.69, 9.17) is 4.74 Å². The second-order valence-corrected chi connectivity index (χ2v) is 6.14. The maximum absolute atomic E-state index is 12.2. The lowest BCUT2D eigenvalue weighted by Gasteiger charge is -2.07. The van der Waals surface area contributed by atoms with Gasteiger partial charge in [0.2, 0.25) is 0 Å². The van der Waals surface area contributed by atoms with Crippen LogP contribution in [0.3, 0.4) is 0 Å². The van der Waals surface area contributed by atoms with Crippen molar-refractivity contribution in [3.63, 3.8) is 0 Å². The van der Waals surface area contributed by atoms with Crippen LogP contribution in [-0.2, 0) is 13.0 Å². The molecule has 0 unspecified atom stereocenters. The number of nitrogens with zero attached hydrogens (tertiary/aromatic N) is 2. The molecule has 5 heteroatoms. The Balaban J connectivity index is 1.42. The molecule has 26 heavy (non-hydrogen) atoms. The van der Waals surface area contributed by atoms with E-state index in [1.807, 2.05) is 47.2 Å². The lowest BCUT2D eigenvalue weighted by molar-refractivity contribution is 0.0953. The molecule has 0 saturated carbocycles. The number of amides is 1. The maximum atomic E-state index is 12.2. The van der Waals surface area contributed by atoms with Crippen LogP contribution in [0.5, 0.6) is 5.75 Å². The Morgan fingerprint density at radius 1 is 1.08 bits per heavy atom. The summed E-state index contributed by atoms with van der Waals surface area (Å²) in [5.74, 6) is 0.826. The standard InChI is InChI=1S/C21H23N3O2/c1-26-20-10-6-17(7-11-20)3-2-12-23-21(25)19-8-4-18(5-9-19)15-24-14-13-22-16-24/h4-11,13-14,16H,2-3,12,15H2,1H3,(H,23,25). The lowest BCUT2D eigenvalue weighted by Crippen LogP contribution is -2.24. The first-order valence-corrected chi connectivity index (χ1v) is 8.70. The first-order valence-electron chi connectivity index (χ1n) is 8.70. The normalized spacial score (nSPS) is 10.5. The lowest BCUT2D eigenvalue weighted by atomic mass is 10.1. The molecule has 0 spiro atoms. The van der Waals surface area contributed by atoms with Crippen LogP contribution in [0, 0.1) is 0 Å². The van der Waals surface area contributed by atoms with Crippen LogP contribution in [0.1, 0.15) is 27.9 Å². The minimum atomic E-state index is -0.0334. The second kappa shape index (κ2) is 8.85. The first-order chi connectivity index (χ1) is 12.7. The summed E-state index contributed by atoms with van der Waals surface area (Å²) in [7, 11) is 1.66. The average molecular weight is 349 g/mol. The molecule has 1 N–H and O–H groups in total. The number of nitrogens with one attached hydrogen (secondary N) is 1. The summed E-state index contributed by atoms with van der Waals surface area (Å²) in [6, 6.07) is 15.7. The molecule has 0 aliphatic carbocycles. The van der Waals surface area contributed by atoms with Crippen molar-refractivity contribution in [2.24, 2.45) is 0 Å². The van der Waals surface area contributed by atoms with Gasteiger partial charge < -0.3 is 14.6 Å². The molecule has 1 amide bonds. The molecule has 3 aromatic rings. The van der Waals surface area contributed by atoms with Gasteiger partial charge in [-0.05, 0) is 48.2 Å². The fourth-order valence-corrected chi connectivity index (χ4v) is 2.74. The number of hydrogen-bond donors (Lipinski definition) is 1. The number of hydrogen-bond acceptors (Lipinski definition) is 3. The van der Waals surface area contributed by atoms with E-state index in [0.717, 1.165) is 30.7 Å². The molecule has 0 aliphatic heterocycles. The van der Waals surface area contributed by atoms with Crippen LogP contribution in [0.4, 0.5) is 0 Å². The van der Waals surface area contributed by atoms with E-state index in [1.54, 1.807) is 19.6 Å². The largest absolute Gasteiger partial charge is 0.497 e. The molecule has 1 aromatic heterocycles. The molecule has 1 heterocycles. The summed E-state index contributed by atoms with van der Waals surface area (Å²) in [6.07, 6.45) is 7.28. The zero-order valence-electron chi connectivity index (χ0n) is 14.9. The van der Waals surface area contributed by atoms with Crippen LogP contribution in [0.2, 0.25) is 0 Å². The number of rotatable bonds is 8. The third-order valence-corrected chi connectivity index (χ3v) is 4.23. The Morgan fingerprint density at radius 3 is 2.46 bits per heavy atom. The Bertz CT molecular complexity index is 809. The van der Waals surface area contributed by atoms with Crippen LogP contribution in [0.25, 0.3) is 0 Å². The highest BCUT2D eigenvalue weighted by atomic mass is 16.5. The van der Waals surface area contributed by atoms with Crippen molar-refractivity contribution >= 4 is 5.91 Å². The Morgan fingerprint density at radius 2 is 1.81 bits per heavy atom. The van der Waals surface area contributed by atoms with Crippen molar-refractivity contribution in [1.82, 2.24) is 14.9 Å². The van der Waals surface area contributed by atoms with Gasteiger partial charge in [-0.15, -0.1) is 0 Å². The number of methoxy groups -OCH3 is 1. The van der Waals surface area contributed by atoms with E-state index in [2.05, 4.69) is 22.4 Å². The third-order valence-electron chi connectivity index (χ3n) is 4.23. The quantitative estimate of drug-likeness (QED) is 0.635. The molecule has 0 aliphatic rings. The van der Waals surface area contributed by atoms with E-state index in [0.29, 0.717) is 12.1 Å². The molecule has 3 rings (SSSR count). The van der Waals surface area contributed by atoms with E-state index in [9.17, 15) is 4.79 Å². The zero-order chi connectivity index (χ0) is 18.2. The van der Waals surface area contributed by atoms with Gasteiger partial charge in [-0.2, -0.15) is 0 Å². The highest BCUT2D eigenvalue weighted by Gasteiger charge is 2.05. The van der Waals surface area contributed by atoms with Gasteiger partial charge in [-0.3, -0.25) is 4.79 Å². The van der Waals surface area contributed by atoms with E-state index < -0.39 is 0 Å². The highest BCUT2D eigenvalue weighted by Crippen LogP contribution is 2.12. The molecule has 2 aromatic carbocycles. The molecular formula is C21H23N3O2. The van der Waals surface area contributed by atoms with Gasteiger partial charge in [0.1, 0.15) is 5.75 Å². The van der Waals surface area contributed by atoms with Gasteiger partial charge in [0.25, 0.3) is 5.91 Å². The van der Waals surface area contributed by atoms with Crippen LogP contribution in [0.15, 0.2) is 67.3 Å². The molecule has 0 radical (unpaired) electrons. The number of aryl methyl sites for hydroxylation is 1. The van der Waals surface area contributed by atoms with Crippen molar-refractivity contribution in [2.75, 3.05) is 13.7 Å². The number of ether oxygens (including phenoxy) is 1. The Labute approximate surface area is 153 Å². The maximum Gasteiger partial charge on any atom is 0.251 e. The summed E-state index contributed by atoms with van der Waals surface area (Å²) in [5.41, 5.74) is 3.06. The fraction of sp³-hybridized carbons (Fsp3) is 0.238. The second-order valence-electron chi connectivity index (χ2n) is 6.14. The minimum Gasteiger partial charge on any atom is -0.497 e. The van der Waals surface area contributed by atoms with Gasteiger partial charge >= 0.3 is 0 Å². The number of benzene rings is 2. The van der Waals surface area contributed by atoms with Crippen LogP contribution >= 0.6 is 0 Å². The van der Waals surface area contributed by atoms with Crippen molar-refractivity contribution < 1.29 is 9.53 Å². The third kappa shape index (κ3) is 4.96. The molecule has 0 saturated heterocycles. The average Bonchev–Trinajstić information content (AvgIpc) is 3.19. The zero-order valence-corrected chi connectivity index (χ0v) is 14.9. The van der Waals surface area contributed by atoms with Gasteiger partial charge in [0, 0.05) is 31.0 Å². The van der Waals surface area contributed by atoms with Crippen LogP contribution < -0.4 is 10.1 Å². The predicted molar refractivity (Wildman–Crippen MR) is 101 cm³/mol. The van der Waals surface area contributed by atoms with Crippen molar-refractivity contribution in [2.45, 2.75) is 19.4 Å². The monoisotopic (exact) mass is 349 g/mol. The van der Waals surface area contributed by atoms with Crippen molar-refractivity contribution in [3.8, 4) is 5.75 Å². The predicted octanol–water partition coefficient (Wildman–Crippen LogP) is 3.30. The van der Waals surface area contributed by atoms with Gasteiger partial charge in [-0.25, -0.2) is 4.98 Å². The van der Waals surface area contributed by atoms with Crippen LogP contribution in [-0.4, -0.2) is 29.1 Å². The highest BCUT2D eigenvalue weighted by molar-refractivity contribution is 5.94. The summed E-state index contributed by atoms with van der Waals surface area (Å²) in [4.78, 5) is 16.3. The molecule has 5 nitrogen and oxygen atoms in total. The molecular weight excluding hydrogens is 326 g/mol. The van der Waals surface area contributed by atoms with Crippen molar-refractivity contribution in [3.05, 3.63) is 83.9 Å². The molecule has 0 atom stereocenters. The first kappa shape index (κ1) is 17.7. The van der Waals surface area contributed by atoms with E-state index >= 15 is 0 Å². The molecule has 0 fully saturated rings. The fourth-order valence-electron chi connectivity index (χ4n) is 2.74. The Hall–Kier alpha value is -3.08. The molecule has 0 bridgehead atoms. The number of imidazole rings is 1. The van der Waals surface area contributed by atoms with Gasteiger partial charge in [0.05, 0.1) is 13.4 Å². The topological polar surface area (TPSA) is 56.1 Å². The van der Waals surface area contributed by atoms with E-state index in [-0.39, 0.29) is 5.91 Å². The van der Waals surface area contributed by atoms with Gasteiger partial charge in [0.15, 0.2) is 0 Å². The summed E-state index contributed by atoms with van der Waals surface area (Å²) < 4.78 is 7.15. The number of aromatic nitrogens is 2. The SMILES string of the molecule is COc1ccc(CCCNC(=O)c2ccc(Cn3ccnc3)cc2)cc1. The summed E-state index contributed by atoms with van der Waals surface area (Å²) >= 11 is 0. The smallest absolute Gasteiger partial charge is 0.251 e. The van der Waals surface area contributed by atoms with E-state index in [1.165, 1.54) is 5.56 Å². The minimum absolute atomic E-state index is 0.0334. The van der Waals surface area contributed by atoms with Crippen molar-refractivity contribution in [1.29, 1.82) is 0 Å².